The molecule has 1 N–H and O–H groups in total. The van der Waals surface area contributed by atoms with E-state index < -0.39 is 23.1 Å². The van der Waals surface area contributed by atoms with Crippen LogP contribution in [-0.2, 0) is 31.7 Å². The van der Waals surface area contributed by atoms with Gasteiger partial charge in [0, 0.05) is 50.9 Å². The molecule has 7 rings (SSSR count). The number of anilines is 2. The number of aromatic nitrogens is 4. The number of rotatable bonds is 8. The highest BCUT2D eigenvalue weighted by atomic mass is 19.4. The van der Waals surface area contributed by atoms with Crippen molar-refractivity contribution in [2.24, 2.45) is 18.9 Å². The van der Waals surface area contributed by atoms with E-state index in [1.165, 1.54) is 11.0 Å². The lowest BCUT2D eigenvalue weighted by molar-refractivity contribution is -0.138. The molecule has 48 heavy (non-hydrogen) atoms. The van der Waals surface area contributed by atoms with Gasteiger partial charge in [-0.1, -0.05) is 33.6 Å². The highest BCUT2D eigenvalue weighted by Crippen LogP contribution is 2.52. The van der Waals surface area contributed by atoms with E-state index in [0.29, 0.717) is 35.6 Å². The summed E-state index contributed by atoms with van der Waals surface area (Å²) in [5.41, 5.74) is 0.452. The molecule has 4 heterocycles. The first kappa shape index (κ1) is 33.0. The highest BCUT2D eigenvalue weighted by Gasteiger charge is 2.49. The number of hydrogen-bond donors (Lipinski definition) is 1. The lowest BCUT2D eigenvalue weighted by atomic mass is 9.58. The van der Waals surface area contributed by atoms with E-state index >= 15 is 0 Å². The van der Waals surface area contributed by atoms with Crippen molar-refractivity contribution in [1.29, 1.82) is 0 Å². The summed E-state index contributed by atoms with van der Waals surface area (Å²) in [4.78, 5) is 25.1. The third-order valence-electron chi connectivity index (χ3n) is 11.2. The number of hydrogen-bond acceptors (Lipinski definition) is 7. The number of fused-ring (bicyclic) bond motifs is 1. The van der Waals surface area contributed by atoms with E-state index in [1.54, 1.807) is 12.4 Å². The average molecular weight is 665 g/mol. The standard InChI is InChI=1S/C36H47F3N8O/c1-22(2)30-20-44(4)10-11-46(30)18-24-12-27-28(29(13-24)36(37,38)39)19-47(33(27)48)32-15-25(14-31(42-32)41-26-8-6-7-9-26)35(16-23(3)17-35)34-43-40-21-45(34)5/h12-15,21-23,26,30H,6-11,16-20H2,1-5H3,(H,41,42)/t23?,30-,35?/m1/s1. The lowest BCUT2D eigenvalue weighted by Crippen LogP contribution is -2.53. The molecule has 3 aromatic rings. The van der Waals surface area contributed by atoms with Gasteiger partial charge in [0.25, 0.3) is 5.91 Å². The van der Waals surface area contributed by atoms with Crippen LogP contribution in [0.25, 0.3) is 0 Å². The van der Waals surface area contributed by atoms with Gasteiger partial charge in [-0.15, -0.1) is 10.2 Å². The van der Waals surface area contributed by atoms with Gasteiger partial charge in [0.05, 0.1) is 17.5 Å². The van der Waals surface area contributed by atoms with Gasteiger partial charge in [0.15, 0.2) is 0 Å². The first-order chi connectivity index (χ1) is 22.8. The Labute approximate surface area is 280 Å². The molecule has 0 radical (unpaired) electrons. The van der Waals surface area contributed by atoms with Gasteiger partial charge in [-0.3, -0.25) is 14.6 Å². The van der Waals surface area contributed by atoms with Crippen LogP contribution in [0.5, 0.6) is 0 Å². The van der Waals surface area contributed by atoms with E-state index in [4.69, 9.17) is 4.98 Å². The minimum atomic E-state index is -4.60. The predicted octanol–water partition coefficient (Wildman–Crippen LogP) is 6.23. The molecule has 0 bridgehead atoms. The fourth-order valence-electron chi connectivity index (χ4n) is 8.73. The lowest BCUT2D eigenvalue weighted by Gasteiger charge is -2.46. The van der Waals surface area contributed by atoms with Crippen LogP contribution in [0.4, 0.5) is 24.8 Å². The number of piperazine rings is 1. The number of nitrogens with zero attached hydrogens (tertiary/aromatic N) is 7. The Kier molecular flexibility index (Phi) is 8.55. The van der Waals surface area contributed by atoms with Gasteiger partial charge < -0.3 is 14.8 Å². The summed E-state index contributed by atoms with van der Waals surface area (Å²) in [5.74, 6) is 2.21. The molecule has 9 nitrogen and oxygen atoms in total. The summed E-state index contributed by atoms with van der Waals surface area (Å²) in [6.07, 6.45) is 3.14. The minimum absolute atomic E-state index is 0.0211. The zero-order valence-electron chi connectivity index (χ0n) is 28.6. The maximum absolute atomic E-state index is 14.7. The second-order valence-corrected chi connectivity index (χ2v) is 15.2. The molecule has 12 heteroatoms. The van der Waals surface area contributed by atoms with Crippen LogP contribution in [0.15, 0.2) is 30.6 Å². The quantitative estimate of drug-likeness (QED) is 0.306. The Hall–Kier alpha value is -3.51. The van der Waals surface area contributed by atoms with E-state index in [1.807, 2.05) is 17.7 Å². The molecule has 2 aromatic heterocycles. The summed E-state index contributed by atoms with van der Waals surface area (Å²) in [6, 6.07) is 7.39. The number of pyridine rings is 1. The molecule has 1 amide bonds. The van der Waals surface area contributed by atoms with Crippen LogP contribution < -0.4 is 10.2 Å². The van der Waals surface area contributed by atoms with E-state index in [0.717, 1.165) is 69.5 Å². The number of amides is 1. The number of carbonyl (C=O) groups is 1. The first-order valence-electron chi connectivity index (χ1n) is 17.4. The summed E-state index contributed by atoms with van der Waals surface area (Å²) < 4.78 is 46.1. The largest absolute Gasteiger partial charge is 0.416 e. The Balaban J connectivity index is 1.27. The van der Waals surface area contributed by atoms with E-state index in [-0.39, 0.29) is 29.8 Å². The average Bonchev–Trinajstić information content (AvgIpc) is 3.76. The molecule has 4 aliphatic rings. The number of aryl methyl sites for hydroxylation is 1. The molecule has 2 saturated carbocycles. The van der Waals surface area contributed by atoms with Crippen LogP contribution >= 0.6 is 0 Å². The molecule has 0 spiro atoms. The Morgan fingerprint density at radius 1 is 1.06 bits per heavy atom. The fraction of sp³-hybridized carbons (Fsp3) is 0.611. The van der Waals surface area contributed by atoms with Crippen molar-refractivity contribution in [3.05, 3.63) is 64.2 Å². The van der Waals surface area contributed by atoms with Crippen molar-refractivity contribution in [2.45, 2.75) is 96.1 Å². The van der Waals surface area contributed by atoms with Gasteiger partial charge in [-0.25, -0.2) is 4.98 Å². The Morgan fingerprint density at radius 2 is 1.81 bits per heavy atom. The van der Waals surface area contributed by atoms with E-state index in [2.05, 4.69) is 59.2 Å². The third-order valence-corrected chi connectivity index (χ3v) is 11.2. The molecule has 1 saturated heterocycles. The number of benzene rings is 1. The monoisotopic (exact) mass is 664 g/mol. The molecular weight excluding hydrogens is 617 g/mol. The second kappa shape index (κ2) is 12.4. The Morgan fingerprint density at radius 3 is 2.46 bits per heavy atom. The zero-order chi connectivity index (χ0) is 34.0. The van der Waals surface area contributed by atoms with Gasteiger partial charge in [-0.2, -0.15) is 13.2 Å². The van der Waals surface area contributed by atoms with Gasteiger partial charge >= 0.3 is 6.18 Å². The number of nitrogens with one attached hydrogen (secondary N) is 1. The smallest absolute Gasteiger partial charge is 0.367 e. The number of alkyl halides is 3. The molecule has 1 aromatic carbocycles. The summed E-state index contributed by atoms with van der Waals surface area (Å²) in [6.45, 7) is 9.15. The summed E-state index contributed by atoms with van der Waals surface area (Å²) >= 11 is 0. The molecule has 258 valence electrons. The van der Waals surface area contributed by atoms with Crippen molar-refractivity contribution in [3.63, 3.8) is 0 Å². The summed E-state index contributed by atoms with van der Waals surface area (Å²) in [5, 5.41) is 12.3. The maximum Gasteiger partial charge on any atom is 0.416 e. The fourth-order valence-corrected chi connectivity index (χ4v) is 8.73. The molecule has 2 aliphatic heterocycles. The number of likely N-dealkylation sites (N-methyl/N-ethyl adjacent to an activating group) is 1. The van der Waals surface area contributed by atoms with Crippen LogP contribution in [0.2, 0.25) is 0 Å². The molecular formula is C36H47F3N8O. The number of carbonyl (C=O) groups excluding carboxylic acids is 1. The topological polar surface area (TPSA) is 82.4 Å². The van der Waals surface area contributed by atoms with Crippen molar-refractivity contribution in [3.8, 4) is 0 Å². The molecule has 2 aliphatic carbocycles. The second-order valence-electron chi connectivity index (χ2n) is 15.2. The van der Waals surface area contributed by atoms with Crippen LogP contribution in [-0.4, -0.2) is 74.2 Å². The maximum atomic E-state index is 14.7. The molecule has 3 fully saturated rings. The van der Waals surface area contributed by atoms with Gasteiger partial charge in [0.2, 0.25) is 0 Å². The molecule has 0 unspecified atom stereocenters. The van der Waals surface area contributed by atoms with Crippen molar-refractivity contribution in [2.75, 3.05) is 36.9 Å². The molecule has 1 atom stereocenters. The Bertz CT molecular complexity index is 1670. The SMILES string of the molecule is CC1CC(c2cc(NC3CCCC3)nc(N3Cc4c(cc(CN5CCN(C)C[C@@H]5C(C)C)cc4C(F)(F)F)C3=O)c2)(c2nncn2C)C1. The zero-order valence-corrected chi connectivity index (χ0v) is 28.6. The first-order valence-corrected chi connectivity index (χ1v) is 17.4. The van der Waals surface area contributed by atoms with E-state index in [9.17, 15) is 18.0 Å². The van der Waals surface area contributed by atoms with Crippen molar-refractivity contribution < 1.29 is 18.0 Å². The van der Waals surface area contributed by atoms with Gasteiger partial charge in [0.1, 0.15) is 23.8 Å². The summed E-state index contributed by atoms with van der Waals surface area (Å²) in [7, 11) is 4.01. The number of halogens is 3. The van der Waals surface area contributed by atoms with Crippen LogP contribution in [0.3, 0.4) is 0 Å². The van der Waals surface area contributed by atoms with Crippen LogP contribution in [0.1, 0.15) is 97.7 Å². The minimum Gasteiger partial charge on any atom is -0.367 e. The van der Waals surface area contributed by atoms with Crippen molar-refractivity contribution in [1.82, 2.24) is 29.5 Å². The highest BCUT2D eigenvalue weighted by molar-refractivity contribution is 6.10. The third kappa shape index (κ3) is 5.99. The van der Waals surface area contributed by atoms with Gasteiger partial charge in [-0.05, 0) is 85.5 Å². The predicted molar refractivity (Wildman–Crippen MR) is 179 cm³/mol. The van der Waals surface area contributed by atoms with Crippen molar-refractivity contribution >= 4 is 17.5 Å². The van der Waals surface area contributed by atoms with Crippen LogP contribution in [0, 0.1) is 11.8 Å². The normalized spacial score (nSPS) is 25.6.